The first-order valence-electron chi connectivity index (χ1n) is 6.13. The van der Waals surface area contributed by atoms with Crippen molar-refractivity contribution in [1.82, 2.24) is 10.2 Å². The quantitative estimate of drug-likeness (QED) is 0.742. The lowest BCUT2D eigenvalue weighted by Gasteiger charge is -2.26. The van der Waals surface area contributed by atoms with Crippen LogP contribution in [0.15, 0.2) is 24.3 Å². The van der Waals surface area contributed by atoms with E-state index in [4.69, 9.17) is 22.7 Å². The number of nitrogens with zero attached hydrogens (tertiary/aromatic N) is 1. The number of piperazine rings is 1. The maximum Gasteiger partial charge on any atom is 0.261 e. The summed E-state index contributed by atoms with van der Waals surface area (Å²) in [5.74, 6) is 0.198. The first-order chi connectivity index (χ1) is 9.56. The van der Waals surface area contributed by atoms with Gasteiger partial charge in [-0.25, -0.2) is 0 Å². The third-order valence-electron chi connectivity index (χ3n) is 2.89. The van der Waals surface area contributed by atoms with E-state index in [1.54, 1.807) is 24.3 Å². The van der Waals surface area contributed by atoms with E-state index in [0.717, 1.165) is 5.56 Å². The molecule has 0 unspecified atom stereocenters. The fourth-order valence-corrected chi connectivity index (χ4v) is 1.94. The molecule has 1 saturated heterocycles. The molecule has 1 aromatic rings. The zero-order valence-electron chi connectivity index (χ0n) is 10.8. The lowest BCUT2D eigenvalue weighted by molar-refractivity contribution is -0.139. The topological polar surface area (TPSA) is 84.7 Å². The van der Waals surface area contributed by atoms with Crippen LogP contribution in [0.5, 0.6) is 5.75 Å². The molecule has 0 atom stereocenters. The Hall–Kier alpha value is -2.15. The van der Waals surface area contributed by atoms with Crippen LogP contribution in [0.1, 0.15) is 5.56 Å². The molecule has 1 aliphatic rings. The molecular weight excluding hydrogens is 278 g/mol. The average Bonchev–Trinajstić information content (AvgIpc) is 2.45. The van der Waals surface area contributed by atoms with Gasteiger partial charge in [0.1, 0.15) is 10.7 Å². The second-order valence-electron chi connectivity index (χ2n) is 4.34. The van der Waals surface area contributed by atoms with Gasteiger partial charge < -0.3 is 20.7 Å². The maximum atomic E-state index is 11.9. The summed E-state index contributed by atoms with van der Waals surface area (Å²) >= 11 is 4.85. The zero-order chi connectivity index (χ0) is 14.5. The molecule has 1 heterocycles. The van der Waals surface area contributed by atoms with Gasteiger partial charge >= 0.3 is 0 Å². The summed E-state index contributed by atoms with van der Waals surface area (Å²) in [5.41, 5.74) is 6.23. The van der Waals surface area contributed by atoms with Crippen molar-refractivity contribution < 1.29 is 14.3 Å². The van der Waals surface area contributed by atoms with Crippen LogP contribution in [0.25, 0.3) is 0 Å². The average molecular weight is 293 g/mol. The number of rotatable bonds is 4. The minimum absolute atomic E-state index is 0.0859. The van der Waals surface area contributed by atoms with E-state index in [-0.39, 0.29) is 25.0 Å². The van der Waals surface area contributed by atoms with Crippen LogP contribution in [0.4, 0.5) is 0 Å². The van der Waals surface area contributed by atoms with Gasteiger partial charge in [-0.3, -0.25) is 9.59 Å². The predicted molar refractivity (Wildman–Crippen MR) is 77.4 cm³/mol. The van der Waals surface area contributed by atoms with Gasteiger partial charge in [-0.15, -0.1) is 0 Å². The number of carbonyl (C=O) groups is 2. The highest BCUT2D eigenvalue weighted by atomic mass is 32.1. The van der Waals surface area contributed by atoms with Crippen LogP contribution in [0, 0.1) is 0 Å². The summed E-state index contributed by atoms with van der Waals surface area (Å²) in [5, 5.41) is 2.66. The van der Waals surface area contributed by atoms with Gasteiger partial charge in [0, 0.05) is 18.7 Å². The third kappa shape index (κ3) is 3.67. The number of hydrogen-bond acceptors (Lipinski definition) is 4. The summed E-state index contributed by atoms with van der Waals surface area (Å²) in [7, 11) is 0. The van der Waals surface area contributed by atoms with Crippen molar-refractivity contribution in [2.24, 2.45) is 5.73 Å². The van der Waals surface area contributed by atoms with Gasteiger partial charge in [0.05, 0.1) is 6.54 Å². The molecule has 20 heavy (non-hydrogen) atoms. The Morgan fingerprint density at radius 2 is 2.10 bits per heavy atom. The van der Waals surface area contributed by atoms with Gasteiger partial charge in [-0.05, 0) is 24.3 Å². The molecule has 6 nitrogen and oxygen atoms in total. The number of ether oxygens (including phenoxy) is 1. The van der Waals surface area contributed by atoms with Crippen molar-refractivity contribution in [2.45, 2.75) is 0 Å². The van der Waals surface area contributed by atoms with Crippen LogP contribution in [-0.4, -0.2) is 47.9 Å². The zero-order valence-corrected chi connectivity index (χ0v) is 11.6. The van der Waals surface area contributed by atoms with E-state index < -0.39 is 0 Å². The highest BCUT2D eigenvalue weighted by Crippen LogP contribution is 2.12. The molecule has 3 N–H and O–H groups in total. The van der Waals surface area contributed by atoms with E-state index in [9.17, 15) is 9.59 Å². The van der Waals surface area contributed by atoms with E-state index in [2.05, 4.69) is 5.32 Å². The molecule has 2 rings (SSSR count). The Balaban J connectivity index is 1.86. The van der Waals surface area contributed by atoms with Crippen molar-refractivity contribution in [1.29, 1.82) is 0 Å². The standard InChI is InChI=1S/C13H15N3O3S/c14-13(20)9-1-3-10(4-2-9)19-8-12(18)16-6-5-15-11(17)7-16/h1-4H,5-8H2,(H2,14,20)(H,15,17). The summed E-state index contributed by atoms with van der Waals surface area (Å²) in [6.45, 7) is 0.976. The van der Waals surface area contributed by atoms with Crippen LogP contribution in [0.2, 0.25) is 0 Å². The minimum Gasteiger partial charge on any atom is -0.484 e. The van der Waals surface area contributed by atoms with Crippen molar-refractivity contribution in [3.05, 3.63) is 29.8 Å². The fourth-order valence-electron chi connectivity index (χ4n) is 1.80. The lowest BCUT2D eigenvalue weighted by atomic mass is 10.2. The SMILES string of the molecule is NC(=S)c1ccc(OCC(=O)N2CCNC(=O)C2)cc1. The molecule has 7 heteroatoms. The second kappa shape index (κ2) is 6.33. The summed E-state index contributed by atoms with van der Waals surface area (Å²) in [4.78, 5) is 24.8. The summed E-state index contributed by atoms with van der Waals surface area (Å²) in [6, 6.07) is 6.86. The number of hydrogen-bond donors (Lipinski definition) is 2. The lowest BCUT2D eigenvalue weighted by Crippen LogP contribution is -2.51. The van der Waals surface area contributed by atoms with Crippen LogP contribution in [-0.2, 0) is 9.59 Å². The van der Waals surface area contributed by atoms with Crippen LogP contribution < -0.4 is 15.8 Å². The summed E-state index contributed by atoms with van der Waals surface area (Å²) < 4.78 is 5.38. The number of thiocarbonyl (C=S) groups is 1. The molecule has 0 bridgehead atoms. The molecule has 0 aliphatic carbocycles. The second-order valence-corrected chi connectivity index (χ2v) is 4.78. The maximum absolute atomic E-state index is 11.9. The highest BCUT2D eigenvalue weighted by molar-refractivity contribution is 7.80. The van der Waals surface area contributed by atoms with E-state index in [1.807, 2.05) is 0 Å². The Kier molecular flexibility index (Phi) is 4.52. The van der Waals surface area contributed by atoms with Gasteiger partial charge in [-0.2, -0.15) is 0 Å². The Bertz CT molecular complexity index is 530. The van der Waals surface area contributed by atoms with Gasteiger partial charge in [0.25, 0.3) is 5.91 Å². The summed E-state index contributed by atoms with van der Waals surface area (Å²) in [6.07, 6.45) is 0. The molecule has 2 amide bonds. The van der Waals surface area contributed by atoms with E-state index in [1.165, 1.54) is 4.90 Å². The number of amides is 2. The van der Waals surface area contributed by atoms with Crippen LogP contribution >= 0.6 is 12.2 Å². The van der Waals surface area contributed by atoms with Crippen molar-refractivity contribution >= 4 is 29.0 Å². The Morgan fingerprint density at radius 1 is 1.40 bits per heavy atom. The van der Waals surface area contributed by atoms with Gasteiger partial charge in [0.2, 0.25) is 5.91 Å². The largest absolute Gasteiger partial charge is 0.484 e. The molecular formula is C13H15N3O3S. The molecule has 0 radical (unpaired) electrons. The number of benzene rings is 1. The predicted octanol–water partition coefficient (Wildman–Crippen LogP) is -0.342. The smallest absolute Gasteiger partial charge is 0.261 e. The molecule has 1 aromatic carbocycles. The van der Waals surface area contributed by atoms with Crippen LogP contribution in [0.3, 0.4) is 0 Å². The monoisotopic (exact) mass is 293 g/mol. The number of nitrogens with two attached hydrogens (primary N) is 1. The molecule has 1 fully saturated rings. The Morgan fingerprint density at radius 3 is 2.70 bits per heavy atom. The highest BCUT2D eigenvalue weighted by Gasteiger charge is 2.21. The third-order valence-corrected chi connectivity index (χ3v) is 3.13. The molecule has 0 spiro atoms. The van der Waals surface area contributed by atoms with Gasteiger partial charge in [-0.1, -0.05) is 12.2 Å². The fraction of sp³-hybridized carbons (Fsp3) is 0.308. The van der Waals surface area contributed by atoms with Crippen molar-refractivity contribution in [2.75, 3.05) is 26.2 Å². The molecule has 1 aliphatic heterocycles. The molecule has 0 aromatic heterocycles. The first-order valence-corrected chi connectivity index (χ1v) is 6.54. The Labute approximate surface area is 121 Å². The molecule has 0 saturated carbocycles. The number of carbonyl (C=O) groups excluding carboxylic acids is 2. The molecule has 106 valence electrons. The van der Waals surface area contributed by atoms with Crippen molar-refractivity contribution in [3.8, 4) is 5.75 Å². The van der Waals surface area contributed by atoms with E-state index in [0.29, 0.717) is 23.8 Å². The van der Waals surface area contributed by atoms with Gasteiger partial charge in [0.15, 0.2) is 6.61 Å². The minimum atomic E-state index is -0.210. The van der Waals surface area contributed by atoms with Crippen molar-refractivity contribution in [3.63, 3.8) is 0 Å². The number of nitrogens with one attached hydrogen (secondary N) is 1. The first kappa shape index (κ1) is 14.3. The normalized spacial score (nSPS) is 14.6. The van der Waals surface area contributed by atoms with E-state index >= 15 is 0 Å².